The number of anilines is 3. The van der Waals surface area contributed by atoms with Crippen LogP contribution in [0.25, 0.3) is 49.7 Å². The van der Waals surface area contributed by atoms with Crippen LogP contribution in [-0.2, 0) is 10.8 Å². The second kappa shape index (κ2) is 12.7. The molecule has 0 saturated carbocycles. The average molecular weight is 797 g/mol. The monoisotopic (exact) mass is 796 g/mol. The number of aromatic nitrogens is 1. The molecular weight excluding hydrogens is 757 g/mol. The first-order valence-corrected chi connectivity index (χ1v) is 22.1. The van der Waals surface area contributed by atoms with Gasteiger partial charge in [-0.25, -0.2) is 0 Å². The largest absolute Gasteiger partial charge is 0.310 e. The quantitative estimate of drug-likeness (QED) is 0.175. The van der Waals surface area contributed by atoms with Gasteiger partial charge >= 0.3 is 0 Å². The zero-order valence-electron chi connectivity index (χ0n) is 33.9. The van der Waals surface area contributed by atoms with Gasteiger partial charge in [-0.15, -0.1) is 0 Å². The molecule has 288 valence electrons. The highest BCUT2D eigenvalue weighted by atomic mass is 32.2. The van der Waals surface area contributed by atoms with Crippen molar-refractivity contribution in [1.29, 1.82) is 0 Å². The van der Waals surface area contributed by atoms with Crippen LogP contribution in [-0.4, -0.2) is 4.57 Å². The van der Waals surface area contributed by atoms with E-state index < -0.39 is 5.41 Å². The van der Waals surface area contributed by atoms with Gasteiger partial charge in [-0.05, 0) is 128 Å². The molecule has 9 aromatic carbocycles. The Morgan fingerprint density at radius 2 is 1.00 bits per heavy atom. The third-order valence-electron chi connectivity index (χ3n) is 13.8. The molecule has 3 heteroatoms. The predicted octanol–water partition coefficient (Wildman–Crippen LogP) is 15.4. The number of hydrogen-bond acceptors (Lipinski definition) is 2. The highest BCUT2D eigenvalue weighted by Gasteiger charge is 2.51. The first-order valence-electron chi connectivity index (χ1n) is 21.3. The summed E-state index contributed by atoms with van der Waals surface area (Å²) in [6.45, 7) is 4.71. The van der Waals surface area contributed by atoms with Gasteiger partial charge in [-0.3, -0.25) is 0 Å². The van der Waals surface area contributed by atoms with Gasteiger partial charge in [0.15, 0.2) is 0 Å². The normalized spacial score (nSPS) is 14.6. The van der Waals surface area contributed by atoms with Crippen LogP contribution >= 0.6 is 11.8 Å². The van der Waals surface area contributed by atoms with Gasteiger partial charge in [0.05, 0.1) is 16.4 Å². The van der Waals surface area contributed by atoms with E-state index in [1.165, 1.54) is 92.9 Å². The molecule has 2 aliphatic carbocycles. The molecule has 0 N–H and O–H groups in total. The molecule has 1 aromatic heterocycles. The predicted molar refractivity (Wildman–Crippen MR) is 254 cm³/mol. The van der Waals surface area contributed by atoms with E-state index in [0.717, 1.165) is 17.1 Å². The Balaban J connectivity index is 1.13. The van der Waals surface area contributed by atoms with Crippen molar-refractivity contribution in [3.63, 3.8) is 0 Å². The van der Waals surface area contributed by atoms with Crippen LogP contribution in [0.1, 0.15) is 47.2 Å². The number of benzene rings is 9. The zero-order valence-corrected chi connectivity index (χ0v) is 34.7. The lowest BCUT2D eigenvalue weighted by Gasteiger charge is -2.40. The summed E-state index contributed by atoms with van der Waals surface area (Å²) < 4.78 is 2.45. The van der Waals surface area contributed by atoms with Crippen LogP contribution in [0.2, 0.25) is 0 Å². The summed E-state index contributed by atoms with van der Waals surface area (Å²) >= 11 is 1.90. The minimum atomic E-state index is -0.549. The van der Waals surface area contributed by atoms with Gasteiger partial charge in [-0.2, -0.15) is 0 Å². The van der Waals surface area contributed by atoms with Crippen molar-refractivity contribution < 1.29 is 0 Å². The zero-order chi connectivity index (χ0) is 40.5. The van der Waals surface area contributed by atoms with Crippen molar-refractivity contribution in [3.8, 4) is 27.9 Å². The van der Waals surface area contributed by atoms with E-state index in [9.17, 15) is 0 Å². The summed E-state index contributed by atoms with van der Waals surface area (Å²) in [7, 11) is 0. The van der Waals surface area contributed by atoms with Gasteiger partial charge in [0.25, 0.3) is 0 Å². The fourth-order valence-corrected chi connectivity index (χ4v) is 12.5. The summed E-state index contributed by atoms with van der Waals surface area (Å²) in [6, 6.07) is 77.2. The summed E-state index contributed by atoms with van der Waals surface area (Å²) in [5, 5.41) is 2.57. The smallest absolute Gasteiger partial charge is 0.0736 e. The Labute approximate surface area is 360 Å². The average Bonchev–Trinajstić information content (AvgIpc) is 3.88. The molecule has 2 nitrogen and oxygen atoms in total. The topological polar surface area (TPSA) is 8.17 Å². The molecule has 2 heterocycles. The molecule has 13 rings (SSSR count). The van der Waals surface area contributed by atoms with Crippen LogP contribution in [0.5, 0.6) is 0 Å². The van der Waals surface area contributed by atoms with E-state index in [-0.39, 0.29) is 5.41 Å². The molecule has 0 radical (unpaired) electrons. The van der Waals surface area contributed by atoms with Crippen molar-refractivity contribution >= 4 is 50.6 Å². The Bertz CT molecular complexity index is 3390. The van der Waals surface area contributed by atoms with Crippen LogP contribution < -0.4 is 4.90 Å². The van der Waals surface area contributed by atoms with E-state index >= 15 is 0 Å². The second-order valence-corrected chi connectivity index (χ2v) is 18.3. The van der Waals surface area contributed by atoms with Crippen LogP contribution in [0, 0.1) is 0 Å². The molecule has 0 unspecified atom stereocenters. The van der Waals surface area contributed by atoms with Crippen molar-refractivity contribution in [2.45, 2.75) is 34.5 Å². The summed E-state index contributed by atoms with van der Waals surface area (Å²) in [5.41, 5.74) is 19.7. The molecule has 1 aliphatic heterocycles. The lowest BCUT2D eigenvalue weighted by Crippen LogP contribution is -2.32. The van der Waals surface area contributed by atoms with E-state index in [1.54, 1.807) is 0 Å². The maximum absolute atomic E-state index is 2.53. The third-order valence-corrected chi connectivity index (χ3v) is 15.0. The van der Waals surface area contributed by atoms with E-state index in [0.29, 0.717) is 0 Å². The van der Waals surface area contributed by atoms with Gasteiger partial charge in [0.1, 0.15) is 0 Å². The molecule has 0 bridgehead atoms. The number of nitrogens with zero attached hydrogens (tertiary/aromatic N) is 2. The molecular formula is C58H40N2S. The Kier molecular flexibility index (Phi) is 7.25. The lowest BCUT2D eigenvalue weighted by molar-refractivity contribution is 0.660. The van der Waals surface area contributed by atoms with Crippen LogP contribution in [0.3, 0.4) is 0 Å². The number of fused-ring (bicyclic) bond motifs is 16. The minimum Gasteiger partial charge on any atom is -0.310 e. The Morgan fingerprint density at radius 1 is 0.410 bits per heavy atom. The fourth-order valence-electron chi connectivity index (χ4n) is 11.3. The Hall–Kier alpha value is -7.07. The van der Waals surface area contributed by atoms with Crippen molar-refractivity contribution in [2.24, 2.45) is 0 Å². The summed E-state index contributed by atoms with van der Waals surface area (Å²) in [5.74, 6) is 0. The molecule has 0 fully saturated rings. The van der Waals surface area contributed by atoms with E-state index in [1.807, 2.05) is 11.8 Å². The molecule has 3 aliphatic rings. The van der Waals surface area contributed by atoms with Crippen molar-refractivity contribution in [3.05, 3.63) is 240 Å². The minimum absolute atomic E-state index is 0.0670. The summed E-state index contributed by atoms with van der Waals surface area (Å²) in [6.07, 6.45) is 0. The molecule has 0 amide bonds. The van der Waals surface area contributed by atoms with Gasteiger partial charge in [-0.1, -0.05) is 159 Å². The highest BCUT2D eigenvalue weighted by Crippen LogP contribution is 2.64. The highest BCUT2D eigenvalue weighted by molar-refractivity contribution is 7.99. The first-order chi connectivity index (χ1) is 30.0. The molecule has 61 heavy (non-hydrogen) atoms. The Morgan fingerprint density at radius 3 is 1.77 bits per heavy atom. The van der Waals surface area contributed by atoms with Crippen LogP contribution in [0.15, 0.2) is 216 Å². The molecule has 0 atom stereocenters. The molecule has 10 aromatic rings. The standard InChI is InChI=1S/C58H40N2S/c1-57(2)45-23-11-9-21-41(45)44-35-39(30-32-46(44)57)59(37-17-5-3-6-18-37)40-29-31-42-50(36-40)58(47-24-12-15-27-53(47)61-54-28-16-13-25-48(54)58)49-33-34-52-56(55(42)49)43-22-10-14-26-51(43)60(52)38-19-7-4-8-20-38/h3-36H,1-2H3. The SMILES string of the molecule is CC1(C)c2ccccc2-c2cc(N(c3ccccc3)c3ccc4c(c3)C3(c5ccccc5Sc5ccccc53)c3ccc5c(c3-4)c3ccccc3n5-c3ccccc3)ccc21. The van der Waals surface area contributed by atoms with Crippen molar-refractivity contribution in [1.82, 2.24) is 4.57 Å². The first kappa shape index (κ1) is 34.8. The number of para-hydroxylation sites is 3. The van der Waals surface area contributed by atoms with Gasteiger partial charge in [0, 0.05) is 48.7 Å². The van der Waals surface area contributed by atoms with E-state index in [4.69, 9.17) is 0 Å². The van der Waals surface area contributed by atoms with Gasteiger partial charge in [0.2, 0.25) is 0 Å². The number of rotatable bonds is 4. The number of hydrogen-bond donors (Lipinski definition) is 0. The fraction of sp³-hybridized carbons (Fsp3) is 0.0690. The van der Waals surface area contributed by atoms with Crippen LogP contribution in [0.4, 0.5) is 17.1 Å². The second-order valence-electron chi connectivity index (χ2n) is 17.2. The summed E-state index contributed by atoms with van der Waals surface area (Å²) in [4.78, 5) is 5.08. The third kappa shape index (κ3) is 4.64. The molecule has 0 saturated heterocycles. The lowest BCUT2D eigenvalue weighted by atomic mass is 9.67. The maximum atomic E-state index is 2.53. The van der Waals surface area contributed by atoms with Crippen molar-refractivity contribution in [2.75, 3.05) is 4.90 Å². The maximum Gasteiger partial charge on any atom is 0.0736 e. The molecule has 1 spiro atoms. The van der Waals surface area contributed by atoms with E-state index in [2.05, 4.69) is 230 Å². The van der Waals surface area contributed by atoms with Gasteiger partial charge < -0.3 is 9.47 Å².